The van der Waals surface area contributed by atoms with Crippen molar-refractivity contribution in [1.82, 2.24) is 9.55 Å². The fraction of sp³-hybridized carbons (Fsp3) is 0.125. The molecule has 21 heavy (non-hydrogen) atoms. The number of benzene rings is 1. The summed E-state index contributed by atoms with van der Waals surface area (Å²) in [5.41, 5.74) is 2.46. The zero-order valence-electron chi connectivity index (χ0n) is 11.4. The van der Waals surface area contributed by atoms with E-state index in [0.717, 1.165) is 33.1 Å². The lowest BCUT2D eigenvalue weighted by atomic mass is 10.2. The summed E-state index contributed by atoms with van der Waals surface area (Å²) in [5, 5.41) is 0.862. The van der Waals surface area contributed by atoms with Gasteiger partial charge in [-0.15, -0.1) is 0 Å². The van der Waals surface area contributed by atoms with Gasteiger partial charge in [0.05, 0.1) is 13.7 Å². The second kappa shape index (κ2) is 5.69. The highest BCUT2D eigenvalue weighted by molar-refractivity contribution is 9.10. The Morgan fingerprint density at radius 1 is 1.38 bits per heavy atom. The molecule has 2 aromatic heterocycles. The van der Waals surface area contributed by atoms with E-state index in [0.29, 0.717) is 12.1 Å². The van der Waals surface area contributed by atoms with Crippen LogP contribution in [0.5, 0.6) is 5.75 Å². The van der Waals surface area contributed by atoms with Gasteiger partial charge in [-0.3, -0.25) is 4.79 Å². The van der Waals surface area contributed by atoms with Gasteiger partial charge in [-0.2, -0.15) is 0 Å². The van der Waals surface area contributed by atoms with Gasteiger partial charge in [-0.05, 0) is 30.3 Å². The third kappa shape index (κ3) is 2.56. The van der Waals surface area contributed by atoms with Crippen LogP contribution in [-0.4, -0.2) is 22.9 Å². The molecule has 0 aliphatic rings. The number of rotatable bonds is 4. The van der Waals surface area contributed by atoms with Crippen molar-refractivity contribution in [2.24, 2.45) is 0 Å². The van der Waals surface area contributed by atoms with E-state index in [2.05, 4.69) is 20.9 Å². The number of carbonyl (C=O) groups excluding carboxylic acids is 1. The van der Waals surface area contributed by atoms with Gasteiger partial charge in [0.1, 0.15) is 11.4 Å². The molecular weight excluding hydrogens is 332 g/mol. The number of ether oxygens (including phenoxy) is 1. The highest BCUT2D eigenvalue weighted by atomic mass is 79.9. The Kier molecular flexibility index (Phi) is 3.75. The number of fused-ring (bicyclic) bond motifs is 1. The van der Waals surface area contributed by atoms with Crippen LogP contribution in [-0.2, 0) is 6.54 Å². The van der Waals surface area contributed by atoms with E-state index in [1.54, 1.807) is 13.3 Å². The Labute approximate surface area is 130 Å². The fourth-order valence-corrected chi connectivity index (χ4v) is 2.83. The summed E-state index contributed by atoms with van der Waals surface area (Å²) in [5.74, 6) is 0.809. The lowest BCUT2D eigenvalue weighted by Crippen LogP contribution is -2.01. The molecule has 0 spiro atoms. The number of aldehydes is 1. The minimum atomic E-state index is 0.587. The van der Waals surface area contributed by atoms with Gasteiger partial charge < -0.3 is 9.30 Å². The number of hydrogen-bond donors (Lipinski definition) is 0. The molecule has 106 valence electrons. The van der Waals surface area contributed by atoms with E-state index in [-0.39, 0.29) is 0 Å². The monoisotopic (exact) mass is 344 g/mol. The van der Waals surface area contributed by atoms with E-state index in [1.165, 1.54) is 0 Å². The first-order chi connectivity index (χ1) is 10.2. The van der Waals surface area contributed by atoms with Crippen molar-refractivity contribution in [3.63, 3.8) is 0 Å². The van der Waals surface area contributed by atoms with E-state index in [9.17, 15) is 4.79 Å². The molecular formula is C16H13BrN2O2. The molecule has 0 bridgehead atoms. The van der Waals surface area contributed by atoms with Crippen molar-refractivity contribution >= 4 is 33.2 Å². The topological polar surface area (TPSA) is 44.1 Å². The Bertz CT molecular complexity index is 811. The van der Waals surface area contributed by atoms with Gasteiger partial charge in [0.15, 0.2) is 6.29 Å². The van der Waals surface area contributed by atoms with Gasteiger partial charge >= 0.3 is 0 Å². The number of nitrogens with zero attached hydrogens (tertiary/aromatic N) is 2. The van der Waals surface area contributed by atoms with Crippen molar-refractivity contribution in [3.8, 4) is 5.75 Å². The van der Waals surface area contributed by atoms with E-state index >= 15 is 0 Å². The van der Waals surface area contributed by atoms with Crippen LogP contribution in [0.25, 0.3) is 11.0 Å². The molecule has 0 saturated heterocycles. The normalized spacial score (nSPS) is 10.8. The molecule has 0 saturated carbocycles. The molecule has 0 N–H and O–H groups in total. The number of pyridine rings is 1. The summed E-state index contributed by atoms with van der Waals surface area (Å²) in [6.07, 6.45) is 4.41. The van der Waals surface area contributed by atoms with E-state index in [4.69, 9.17) is 4.74 Å². The molecule has 0 unspecified atom stereocenters. The first-order valence-corrected chi connectivity index (χ1v) is 7.23. The average Bonchev–Trinajstić information content (AvgIpc) is 2.86. The SMILES string of the molecule is COc1ccc(Br)cc1Cn1cc(C=O)c2cccnc21. The number of hydrogen-bond acceptors (Lipinski definition) is 3. The molecule has 0 fully saturated rings. The van der Waals surface area contributed by atoms with Crippen LogP contribution in [0.4, 0.5) is 0 Å². The predicted octanol–water partition coefficient (Wildman–Crippen LogP) is 3.67. The summed E-state index contributed by atoms with van der Waals surface area (Å²) in [4.78, 5) is 15.6. The molecule has 0 aliphatic heterocycles. The Morgan fingerprint density at radius 3 is 3.00 bits per heavy atom. The maximum atomic E-state index is 11.2. The lowest BCUT2D eigenvalue weighted by Gasteiger charge is -2.10. The third-order valence-electron chi connectivity index (χ3n) is 3.37. The highest BCUT2D eigenvalue weighted by Crippen LogP contribution is 2.26. The van der Waals surface area contributed by atoms with Crippen LogP contribution in [0.3, 0.4) is 0 Å². The minimum Gasteiger partial charge on any atom is -0.496 e. The molecule has 2 heterocycles. The number of aromatic nitrogens is 2. The smallest absolute Gasteiger partial charge is 0.152 e. The summed E-state index contributed by atoms with van der Waals surface area (Å²) >= 11 is 3.47. The zero-order chi connectivity index (χ0) is 14.8. The number of methoxy groups -OCH3 is 1. The predicted molar refractivity (Wildman–Crippen MR) is 84.9 cm³/mol. The van der Waals surface area contributed by atoms with Gasteiger partial charge in [-0.1, -0.05) is 15.9 Å². The summed E-state index contributed by atoms with van der Waals surface area (Å²) in [6, 6.07) is 9.60. The third-order valence-corrected chi connectivity index (χ3v) is 3.87. The molecule has 0 aliphatic carbocycles. The molecule has 3 aromatic rings. The molecule has 5 heteroatoms. The van der Waals surface area contributed by atoms with Gasteiger partial charge in [0, 0.05) is 33.4 Å². The first kappa shape index (κ1) is 13.8. The average molecular weight is 345 g/mol. The maximum Gasteiger partial charge on any atom is 0.152 e. The summed E-state index contributed by atoms with van der Waals surface area (Å²) in [7, 11) is 1.65. The molecule has 0 amide bonds. The van der Waals surface area contributed by atoms with Crippen molar-refractivity contribution in [2.45, 2.75) is 6.54 Å². The molecule has 4 nitrogen and oxygen atoms in total. The maximum absolute atomic E-state index is 11.2. The van der Waals surface area contributed by atoms with Crippen LogP contribution in [0.15, 0.2) is 47.2 Å². The quantitative estimate of drug-likeness (QED) is 0.678. The number of halogens is 1. The van der Waals surface area contributed by atoms with Crippen molar-refractivity contribution in [3.05, 3.63) is 58.3 Å². The Balaban J connectivity index is 2.10. The van der Waals surface area contributed by atoms with Crippen LogP contribution < -0.4 is 4.74 Å². The fourth-order valence-electron chi connectivity index (χ4n) is 2.42. The van der Waals surface area contributed by atoms with E-state index in [1.807, 2.05) is 41.1 Å². The van der Waals surface area contributed by atoms with Crippen LogP contribution >= 0.6 is 15.9 Å². The van der Waals surface area contributed by atoms with Crippen LogP contribution in [0, 0.1) is 0 Å². The molecule has 1 aromatic carbocycles. The molecule has 3 rings (SSSR count). The minimum absolute atomic E-state index is 0.587. The second-order valence-electron chi connectivity index (χ2n) is 4.66. The second-order valence-corrected chi connectivity index (χ2v) is 5.58. The van der Waals surface area contributed by atoms with Crippen molar-refractivity contribution < 1.29 is 9.53 Å². The largest absolute Gasteiger partial charge is 0.496 e. The summed E-state index contributed by atoms with van der Waals surface area (Å²) in [6.45, 7) is 0.587. The van der Waals surface area contributed by atoms with Crippen LogP contribution in [0.1, 0.15) is 15.9 Å². The highest BCUT2D eigenvalue weighted by Gasteiger charge is 2.11. The first-order valence-electron chi connectivity index (χ1n) is 6.44. The molecule has 0 radical (unpaired) electrons. The van der Waals surface area contributed by atoms with Crippen molar-refractivity contribution in [2.75, 3.05) is 7.11 Å². The standard InChI is InChI=1S/C16H13BrN2O2/c1-21-15-5-4-13(17)7-11(15)8-19-9-12(10-20)14-3-2-6-18-16(14)19/h2-7,9-10H,8H2,1H3. The van der Waals surface area contributed by atoms with Crippen molar-refractivity contribution in [1.29, 1.82) is 0 Å². The van der Waals surface area contributed by atoms with Crippen LogP contribution in [0.2, 0.25) is 0 Å². The van der Waals surface area contributed by atoms with Gasteiger partial charge in [0.25, 0.3) is 0 Å². The summed E-state index contributed by atoms with van der Waals surface area (Å²) < 4.78 is 8.34. The van der Waals surface area contributed by atoms with Gasteiger partial charge in [-0.25, -0.2) is 4.98 Å². The zero-order valence-corrected chi connectivity index (χ0v) is 13.0. The molecule has 0 atom stereocenters. The lowest BCUT2D eigenvalue weighted by molar-refractivity contribution is 0.112. The Morgan fingerprint density at radius 2 is 2.24 bits per heavy atom. The number of carbonyl (C=O) groups is 1. The van der Waals surface area contributed by atoms with E-state index < -0.39 is 0 Å². The Hall–Kier alpha value is -2.14. The van der Waals surface area contributed by atoms with Gasteiger partial charge in [0.2, 0.25) is 0 Å².